The fourth-order valence-corrected chi connectivity index (χ4v) is 13.3. The summed E-state index contributed by atoms with van der Waals surface area (Å²) in [4.78, 5) is 10.2. The minimum atomic E-state index is -0.751. The van der Waals surface area contributed by atoms with Crippen LogP contribution in [0.15, 0.2) is 295 Å². The third-order valence-electron chi connectivity index (χ3n) is 16.8. The molecule has 0 aromatic heterocycles. The monoisotopic (exact) mass is 1020 g/mol. The molecule has 79 heavy (non-hydrogen) atoms. The highest BCUT2D eigenvalue weighted by atomic mass is 15.2. The Morgan fingerprint density at radius 3 is 1.38 bits per heavy atom. The molecule has 7 aliphatic carbocycles. The number of allylic oxidation sites excluding steroid dienone is 25. The van der Waals surface area contributed by atoms with Crippen LogP contribution in [0.25, 0.3) is 16.7 Å². The third kappa shape index (κ3) is 9.00. The van der Waals surface area contributed by atoms with E-state index < -0.39 is 5.41 Å². The number of para-hydroxylation sites is 3. The largest absolute Gasteiger partial charge is 0.318 e. The van der Waals surface area contributed by atoms with Crippen LogP contribution in [-0.4, -0.2) is 0 Å². The Bertz CT molecular complexity index is 3750. The van der Waals surface area contributed by atoms with Gasteiger partial charge < -0.3 is 19.6 Å². The minimum Gasteiger partial charge on any atom is -0.318 e. The molecule has 0 saturated heterocycles. The molecule has 4 nitrogen and oxygen atoms in total. The van der Waals surface area contributed by atoms with E-state index in [4.69, 9.17) is 0 Å². The van der Waals surface area contributed by atoms with E-state index >= 15 is 0 Å². The Kier molecular flexibility index (Phi) is 13.8. The predicted molar refractivity (Wildman–Crippen MR) is 335 cm³/mol. The van der Waals surface area contributed by atoms with Crippen molar-refractivity contribution in [1.29, 1.82) is 0 Å². The third-order valence-corrected chi connectivity index (χ3v) is 16.8. The average Bonchev–Trinajstić information content (AvgIpc) is 2.32. The lowest BCUT2D eigenvalue weighted by Crippen LogP contribution is -2.30. The standard InChI is InChI=1S/C75H68N4/c1-3-5-28-55(4-2)76(56-29-13-6-14-30-56)64-45-49-69-70-50-47-66(79(61-39-23-11-24-40-61)62-41-25-12-26-42-62)54-74(70)75(73(69)52-64)71-51-63(77(57-31-15-7-16-32-57)58-33-17-8-18-34-58)43-27-44-67(71)68-48-46-65(53-72(68)75)78(59-35-19-9-20-36-59)60-37-21-10-22-38-60/h3,5-13,15-17,19-21,23-25,27-29,31-33,35-37,39-41,44-54H,4,14,18,22,26,30,34,38,42-43H2,1-2H3. The molecule has 0 aliphatic heterocycles. The summed E-state index contributed by atoms with van der Waals surface area (Å²) in [5.41, 5.74) is 24.4. The van der Waals surface area contributed by atoms with Gasteiger partial charge in [-0.2, -0.15) is 0 Å². The molecule has 0 saturated carbocycles. The highest BCUT2D eigenvalue weighted by molar-refractivity contribution is 6.00. The maximum absolute atomic E-state index is 2.63. The predicted octanol–water partition coefficient (Wildman–Crippen LogP) is 20.0. The van der Waals surface area contributed by atoms with Crippen molar-refractivity contribution >= 4 is 39.7 Å². The summed E-state index contributed by atoms with van der Waals surface area (Å²) in [5, 5.41) is 0. The van der Waals surface area contributed by atoms with Crippen molar-refractivity contribution < 1.29 is 0 Å². The smallest absolute Gasteiger partial charge is 0.0728 e. The Balaban J connectivity index is 1.14. The van der Waals surface area contributed by atoms with E-state index in [9.17, 15) is 0 Å². The molecule has 13 rings (SSSR count). The second kappa shape index (κ2) is 21.9. The van der Waals surface area contributed by atoms with E-state index in [2.05, 4.69) is 288 Å². The van der Waals surface area contributed by atoms with Crippen molar-refractivity contribution in [2.45, 2.75) is 83.5 Å². The van der Waals surface area contributed by atoms with Gasteiger partial charge in [0.15, 0.2) is 0 Å². The van der Waals surface area contributed by atoms with Gasteiger partial charge in [-0.25, -0.2) is 0 Å². The minimum absolute atomic E-state index is 0.751. The lowest BCUT2D eigenvalue weighted by molar-refractivity contribution is 0.778. The summed E-state index contributed by atoms with van der Waals surface area (Å²) >= 11 is 0. The average molecular weight is 1030 g/mol. The van der Waals surface area contributed by atoms with Crippen LogP contribution in [0.2, 0.25) is 0 Å². The topological polar surface area (TPSA) is 13.0 Å². The van der Waals surface area contributed by atoms with E-state index in [1.54, 1.807) is 0 Å². The van der Waals surface area contributed by atoms with Crippen LogP contribution in [0.4, 0.5) is 34.1 Å². The molecule has 1 spiro atoms. The molecule has 7 aliphatic rings. The van der Waals surface area contributed by atoms with Gasteiger partial charge in [-0.05, 0) is 218 Å². The molecule has 6 aromatic rings. The highest BCUT2D eigenvalue weighted by Gasteiger charge is 2.53. The van der Waals surface area contributed by atoms with Gasteiger partial charge in [-0.1, -0.05) is 153 Å². The lowest BCUT2D eigenvalue weighted by Gasteiger charge is -2.37. The summed E-state index contributed by atoms with van der Waals surface area (Å²) in [6.07, 6.45) is 51.2. The van der Waals surface area contributed by atoms with Gasteiger partial charge in [0.25, 0.3) is 0 Å². The van der Waals surface area contributed by atoms with E-state index in [1.807, 2.05) is 0 Å². The van der Waals surface area contributed by atoms with Gasteiger partial charge in [0.2, 0.25) is 0 Å². The van der Waals surface area contributed by atoms with E-state index in [1.165, 1.54) is 90.1 Å². The summed E-state index contributed by atoms with van der Waals surface area (Å²) < 4.78 is 0. The van der Waals surface area contributed by atoms with Crippen LogP contribution in [0, 0.1) is 0 Å². The fourth-order valence-electron chi connectivity index (χ4n) is 13.3. The zero-order chi connectivity index (χ0) is 53.1. The SMILES string of the molecule is CC=CC=C(CC)N(C1=CC=CCC1)c1ccc2c(c1)C1(C3=C(C=CCC(N(C4=CC=CCC4)c4ccccc4)=C3)c3ccc(N(C4=CC=CCC4)c4ccccc4)cc31)c1cc(N(C3=CC=CCC3)c3ccccc3)ccc1-2. The van der Waals surface area contributed by atoms with Crippen molar-refractivity contribution in [2.75, 3.05) is 19.6 Å². The molecular formula is C75H68N4. The van der Waals surface area contributed by atoms with Crippen molar-refractivity contribution in [3.8, 4) is 11.1 Å². The molecule has 0 heterocycles. The first-order valence-corrected chi connectivity index (χ1v) is 28.8. The van der Waals surface area contributed by atoms with Gasteiger partial charge in [0.1, 0.15) is 0 Å². The molecule has 4 heteroatoms. The van der Waals surface area contributed by atoms with Crippen molar-refractivity contribution in [3.05, 3.63) is 317 Å². The van der Waals surface area contributed by atoms with E-state index in [-0.39, 0.29) is 0 Å². The van der Waals surface area contributed by atoms with Crippen molar-refractivity contribution in [1.82, 2.24) is 0 Å². The summed E-state index contributed by atoms with van der Waals surface area (Å²) in [6.45, 7) is 4.41. The van der Waals surface area contributed by atoms with Crippen LogP contribution in [0.3, 0.4) is 0 Å². The van der Waals surface area contributed by atoms with Gasteiger partial charge in [0.05, 0.1) is 5.41 Å². The molecular weight excluding hydrogens is 957 g/mol. The first kappa shape index (κ1) is 49.7. The Morgan fingerprint density at radius 1 is 0.456 bits per heavy atom. The Hall–Kier alpha value is -8.86. The first-order chi connectivity index (χ1) is 39.1. The zero-order valence-corrected chi connectivity index (χ0v) is 45.6. The second-order valence-electron chi connectivity index (χ2n) is 21.4. The molecule has 0 fully saturated rings. The quantitative estimate of drug-likeness (QED) is 0.101. The molecule has 388 valence electrons. The van der Waals surface area contributed by atoms with Crippen LogP contribution in [0.5, 0.6) is 0 Å². The van der Waals surface area contributed by atoms with Crippen LogP contribution >= 0.6 is 0 Å². The van der Waals surface area contributed by atoms with Gasteiger partial charge in [0, 0.05) is 74.7 Å². The highest BCUT2D eigenvalue weighted by Crippen LogP contribution is 2.65. The first-order valence-electron chi connectivity index (χ1n) is 28.8. The molecule has 0 bridgehead atoms. The number of hydrogen-bond acceptors (Lipinski definition) is 4. The van der Waals surface area contributed by atoms with Gasteiger partial charge in [-0.15, -0.1) is 0 Å². The van der Waals surface area contributed by atoms with Gasteiger partial charge in [-0.3, -0.25) is 0 Å². The number of rotatable bonds is 14. The molecule has 0 N–H and O–H groups in total. The summed E-state index contributed by atoms with van der Waals surface area (Å²) in [6, 6.07) is 55.4. The molecule has 1 atom stereocenters. The Labute approximate surface area is 468 Å². The van der Waals surface area contributed by atoms with Crippen molar-refractivity contribution in [3.63, 3.8) is 0 Å². The fraction of sp³-hybridized carbons (Fsp3) is 0.173. The maximum Gasteiger partial charge on any atom is 0.0728 e. The molecule has 0 radical (unpaired) electrons. The zero-order valence-electron chi connectivity index (χ0n) is 45.6. The normalized spacial score (nSPS) is 18.8. The van der Waals surface area contributed by atoms with Crippen LogP contribution in [-0.2, 0) is 5.41 Å². The molecule has 0 amide bonds. The van der Waals surface area contributed by atoms with Crippen LogP contribution in [0.1, 0.15) is 100 Å². The molecule has 6 aromatic carbocycles. The number of hydrogen-bond donors (Lipinski definition) is 0. The van der Waals surface area contributed by atoms with E-state index in [0.29, 0.717) is 0 Å². The number of fused-ring (bicyclic) bond motifs is 9. The van der Waals surface area contributed by atoms with Crippen molar-refractivity contribution in [2.24, 2.45) is 0 Å². The summed E-state index contributed by atoms with van der Waals surface area (Å²) in [7, 11) is 0. The molecule has 1 unspecified atom stereocenters. The Morgan fingerprint density at radius 2 is 0.899 bits per heavy atom. The maximum atomic E-state index is 2.63. The number of anilines is 6. The number of benzene rings is 6. The van der Waals surface area contributed by atoms with Crippen LogP contribution < -0.4 is 19.6 Å². The second-order valence-corrected chi connectivity index (χ2v) is 21.4. The lowest BCUT2D eigenvalue weighted by atomic mass is 9.69. The van der Waals surface area contributed by atoms with E-state index in [0.717, 1.165) is 87.0 Å². The number of nitrogens with zero attached hydrogens (tertiary/aromatic N) is 4. The van der Waals surface area contributed by atoms with Gasteiger partial charge >= 0.3 is 0 Å². The summed E-state index contributed by atoms with van der Waals surface area (Å²) in [5.74, 6) is 0.